The zero-order valence-corrected chi connectivity index (χ0v) is 18.9. The maximum atomic E-state index is 12.9. The third kappa shape index (κ3) is 4.21. The number of aromatic hydroxyl groups is 1. The van der Waals surface area contributed by atoms with Crippen LogP contribution in [0.1, 0.15) is 31.9 Å². The number of hydrogen-bond acceptors (Lipinski definition) is 6. The van der Waals surface area contributed by atoms with E-state index in [9.17, 15) is 9.90 Å². The van der Waals surface area contributed by atoms with Crippen molar-refractivity contribution in [2.45, 2.75) is 20.0 Å². The molecular weight excluding hydrogens is 420 g/mol. The highest BCUT2D eigenvalue weighted by Crippen LogP contribution is 2.40. The second-order valence-electron chi connectivity index (χ2n) is 8.39. The van der Waals surface area contributed by atoms with Crippen LogP contribution in [0.5, 0.6) is 11.5 Å². The van der Waals surface area contributed by atoms with Crippen molar-refractivity contribution in [1.29, 1.82) is 0 Å². The Bertz CT molecular complexity index is 1160. The van der Waals surface area contributed by atoms with Crippen LogP contribution in [0.15, 0.2) is 59.7 Å². The molecule has 1 saturated heterocycles. The molecule has 5 rings (SSSR count). The van der Waals surface area contributed by atoms with Crippen molar-refractivity contribution in [2.75, 3.05) is 26.2 Å². The minimum Gasteiger partial charge on any atom is -0.507 e. The van der Waals surface area contributed by atoms with Gasteiger partial charge >= 0.3 is 0 Å². The Morgan fingerprint density at radius 3 is 2.41 bits per heavy atom. The fourth-order valence-electron chi connectivity index (χ4n) is 4.27. The number of rotatable bonds is 5. The van der Waals surface area contributed by atoms with Gasteiger partial charge in [0.1, 0.15) is 11.5 Å². The van der Waals surface area contributed by atoms with Crippen LogP contribution in [0.4, 0.5) is 0 Å². The smallest absolute Gasteiger partial charge is 0.232 e. The number of fused-ring (bicyclic) bond motifs is 1. The number of ketones is 1. The van der Waals surface area contributed by atoms with E-state index in [0.29, 0.717) is 29.2 Å². The monoisotopic (exact) mass is 446 g/mol. The lowest BCUT2D eigenvalue weighted by Crippen LogP contribution is -2.45. The van der Waals surface area contributed by atoms with Gasteiger partial charge in [-0.25, -0.2) is 0 Å². The van der Waals surface area contributed by atoms with Gasteiger partial charge < -0.3 is 9.84 Å². The van der Waals surface area contributed by atoms with Crippen LogP contribution in [-0.4, -0.2) is 46.9 Å². The van der Waals surface area contributed by atoms with E-state index in [2.05, 4.69) is 34.1 Å². The molecule has 0 bridgehead atoms. The number of carbonyl (C=O) groups excluding carboxylic acids is 1. The SMILES string of the molecule is Cc1ccsc1/C=C1\Oc2c(ccc(O)c2CN2CCN(Cc3ccccc3)CC2)C1=O. The van der Waals surface area contributed by atoms with E-state index in [4.69, 9.17) is 4.74 Å². The number of benzene rings is 2. The number of phenolic OH excluding ortho intramolecular Hbond substituents is 1. The zero-order valence-electron chi connectivity index (χ0n) is 18.1. The number of aryl methyl sites for hydroxylation is 1. The number of hydrogen-bond donors (Lipinski definition) is 1. The molecule has 0 amide bonds. The molecule has 32 heavy (non-hydrogen) atoms. The summed E-state index contributed by atoms with van der Waals surface area (Å²) in [5.41, 5.74) is 3.66. The first-order chi connectivity index (χ1) is 15.6. The van der Waals surface area contributed by atoms with E-state index in [-0.39, 0.29) is 11.5 Å². The van der Waals surface area contributed by atoms with Crippen LogP contribution in [0.25, 0.3) is 6.08 Å². The van der Waals surface area contributed by atoms with Gasteiger partial charge in [-0.1, -0.05) is 30.3 Å². The van der Waals surface area contributed by atoms with Crippen LogP contribution in [0.3, 0.4) is 0 Å². The summed E-state index contributed by atoms with van der Waals surface area (Å²) in [6, 6.07) is 15.8. The summed E-state index contributed by atoms with van der Waals surface area (Å²) >= 11 is 1.58. The molecule has 0 atom stereocenters. The summed E-state index contributed by atoms with van der Waals surface area (Å²) in [4.78, 5) is 18.7. The minimum atomic E-state index is -0.123. The average Bonchev–Trinajstić information content (AvgIpc) is 3.35. The van der Waals surface area contributed by atoms with Crippen molar-refractivity contribution in [3.8, 4) is 11.5 Å². The standard InChI is InChI=1S/C26H26N2O3S/c1-18-9-14-32-24(18)15-23-25(30)20-7-8-22(29)21(26(20)31-23)17-28-12-10-27(11-13-28)16-19-5-3-2-4-6-19/h2-9,14-15,29H,10-13,16-17H2,1H3/b23-15-. The summed E-state index contributed by atoms with van der Waals surface area (Å²) < 4.78 is 6.02. The van der Waals surface area contributed by atoms with E-state index in [0.717, 1.165) is 43.2 Å². The normalized spacial score (nSPS) is 18.2. The third-order valence-corrected chi connectivity index (χ3v) is 7.14. The van der Waals surface area contributed by atoms with Gasteiger partial charge in [0, 0.05) is 50.2 Å². The highest BCUT2D eigenvalue weighted by atomic mass is 32.1. The first kappa shape index (κ1) is 20.9. The molecule has 2 aliphatic heterocycles. The van der Waals surface area contributed by atoms with Crippen LogP contribution >= 0.6 is 11.3 Å². The molecule has 5 nitrogen and oxygen atoms in total. The van der Waals surface area contributed by atoms with Gasteiger partial charge in [-0.3, -0.25) is 14.6 Å². The molecule has 0 aliphatic carbocycles. The van der Waals surface area contributed by atoms with Gasteiger partial charge in [-0.15, -0.1) is 11.3 Å². The number of allylic oxidation sites excluding steroid dienone is 1. The van der Waals surface area contributed by atoms with Gasteiger partial charge in [-0.05, 0) is 41.6 Å². The third-order valence-electron chi connectivity index (χ3n) is 6.18. The molecule has 0 spiro atoms. The highest BCUT2D eigenvalue weighted by Gasteiger charge is 2.32. The number of nitrogens with zero attached hydrogens (tertiary/aromatic N) is 2. The summed E-state index contributed by atoms with van der Waals surface area (Å²) in [6.45, 7) is 7.27. The maximum absolute atomic E-state index is 12.9. The topological polar surface area (TPSA) is 53.0 Å². The van der Waals surface area contributed by atoms with Gasteiger partial charge in [0.25, 0.3) is 0 Å². The van der Waals surface area contributed by atoms with Crippen molar-refractivity contribution >= 4 is 23.2 Å². The number of phenols is 1. The van der Waals surface area contributed by atoms with Crippen LogP contribution in [-0.2, 0) is 13.1 Å². The molecule has 1 N–H and O–H groups in total. The van der Waals surface area contributed by atoms with Gasteiger partial charge in [0.2, 0.25) is 5.78 Å². The van der Waals surface area contributed by atoms with Gasteiger partial charge in [-0.2, -0.15) is 0 Å². The molecule has 3 aromatic rings. The first-order valence-electron chi connectivity index (χ1n) is 10.9. The van der Waals surface area contributed by atoms with Gasteiger partial charge in [0.05, 0.1) is 11.1 Å². The molecule has 0 unspecified atom stereocenters. The molecule has 1 aromatic heterocycles. The predicted octanol–water partition coefficient (Wildman–Crippen LogP) is 4.70. The van der Waals surface area contributed by atoms with E-state index < -0.39 is 0 Å². The lowest BCUT2D eigenvalue weighted by atomic mass is 10.0. The molecule has 0 radical (unpaired) electrons. The lowest BCUT2D eigenvalue weighted by molar-refractivity contribution is 0.101. The van der Waals surface area contributed by atoms with Crippen molar-refractivity contribution in [2.24, 2.45) is 0 Å². The zero-order chi connectivity index (χ0) is 22.1. The Morgan fingerprint density at radius 2 is 1.72 bits per heavy atom. The van der Waals surface area contributed by atoms with E-state index in [1.165, 1.54) is 5.56 Å². The molecule has 0 saturated carbocycles. The lowest BCUT2D eigenvalue weighted by Gasteiger charge is -2.35. The summed E-state index contributed by atoms with van der Waals surface area (Å²) in [5.74, 6) is 0.880. The molecular formula is C26H26N2O3S. The molecule has 6 heteroatoms. The van der Waals surface area contributed by atoms with Crippen LogP contribution in [0.2, 0.25) is 0 Å². The molecule has 1 fully saturated rings. The van der Waals surface area contributed by atoms with Crippen molar-refractivity contribution in [3.05, 3.63) is 86.8 Å². The summed E-state index contributed by atoms with van der Waals surface area (Å²) in [7, 11) is 0. The number of thiophene rings is 1. The fourth-order valence-corrected chi connectivity index (χ4v) is 5.12. The second-order valence-corrected chi connectivity index (χ2v) is 9.33. The van der Waals surface area contributed by atoms with Crippen LogP contribution < -0.4 is 4.74 Å². The highest BCUT2D eigenvalue weighted by molar-refractivity contribution is 7.11. The molecule has 2 aliphatic rings. The Kier molecular flexibility index (Phi) is 5.83. The van der Waals surface area contributed by atoms with E-state index in [1.807, 2.05) is 30.5 Å². The Morgan fingerprint density at radius 1 is 1.00 bits per heavy atom. The van der Waals surface area contributed by atoms with Crippen molar-refractivity contribution in [1.82, 2.24) is 9.80 Å². The largest absolute Gasteiger partial charge is 0.507 e. The predicted molar refractivity (Wildman–Crippen MR) is 127 cm³/mol. The quantitative estimate of drug-likeness (QED) is 0.576. The molecule has 2 aromatic carbocycles. The number of piperazine rings is 1. The van der Waals surface area contributed by atoms with E-state index in [1.54, 1.807) is 23.5 Å². The second kappa shape index (κ2) is 8.90. The van der Waals surface area contributed by atoms with E-state index >= 15 is 0 Å². The molecule has 3 heterocycles. The number of carbonyl (C=O) groups is 1. The first-order valence-corrected chi connectivity index (χ1v) is 11.8. The summed E-state index contributed by atoms with van der Waals surface area (Å²) in [6.07, 6.45) is 1.81. The number of Topliss-reactive ketones (excluding diaryl/α,β-unsaturated/α-hetero) is 1. The maximum Gasteiger partial charge on any atom is 0.232 e. The summed E-state index contributed by atoms with van der Waals surface area (Å²) in [5, 5.41) is 12.6. The Balaban J connectivity index is 1.29. The van der Waals surface area contributed by atoms with Crippen molar-refractivity contribution < 1.29 is 14.6 Å². The minimum absolute atomic E-state index is 0.123. The Labute approximate surface area is 192 Å². The fraction of sp³-hybridized carbons (Fsp3) is 0.269. The Hall–Kier alpha value is -2.93. The molecule has 164 valence electrons. The van der Waals surface area contributed by atoms with Crippen LogP contribution in [0, 0.1) is 6.92 Å². The van der Waals surface area contributed by atoms with Gasteiger partial charge in [0.15, 0.2) is 5.76 Å². The van der Waals surface area contributed by atoms with Crippen molar-refractivity contribution in [3.63, 3.8) is 0 Å². The number of ether oxygens (including phenoxy) is 1. The average molecular weight is 447 g/mol.